The number of fused-ring (bicyclic) bond motifs is 1. The molecule has 26 heavy (non-hydrogen) atoms. The molecule has 0 radical (unpaired) electrons. The minimum absolute atomic E-state index is 0.0492. The molecule has 0 amide bonds. The maximum atomic E-state index is 9.88. The van der Waals surface area contributed by atoms with E-state index in [1.165, 1.54) is 5.56 Å². The molecule has 1 unspecified atom stereocenters. The lowest BCUT2D eigenvalue weighted by Crippen LogP contribution is -2.36. The molecular weight excluding hydrogens is 328 g/mol. The largest absolute Gasteiger partial charge is 0.419 e. The highest BCUT2D eigenvalue weighted by Gasteiger charge is 2.27. The van der Waals surface area contributed by atoms with E-state index in [0.717, 1.165) is 24.1 Å². The fraction of sp³-hybridized carbons (Fsp3) is 0.250. The summed E-state index contributed by atoms with van der Waals surface area (Å²) in [7, 11) is 0. The molecule has 1 aliphatic heterocycles. The molecule has 6 nitrogen and oxygen atoms in total. The van der Waals surface area contributed by atoms with E-state index in [0.29, 0.717) is 23.9 Å². The summed E-state index contributed by atoms with van der Waals surface area (Å²) in [5.41, 5.74) is 3.82. The van der Waals surface area contributed by atoms with Crippen molar-refractivity contribution in [3.05, 3.63) is 71.1 Å². The van der Waals surface area contributed by atoms with Crippen molar-refractivity contribution in [3.63, 3.8) is 0 Å². The second-order valence-electron chi connectivity index (χ2n) is 6.31. The van der Waals surface area contributed by atoms with Crippen molar-refractivity contribution in [2.24, 2.45) is 0 Å². The lowest BCUT2D eigenvalue weighted by molar-refractivity contribution is 0.0997. The van der Waals surface area contributed by atoms with Gasteiger partial charge >= 0.3 is 0 Å². The molecule has 1 aliphatic rings. The molecule has 2 heterocycles. The molecule has 0 spiro atoms. The summed E-state index contributed by atoms with van der Waals surface area (Å²) in [5.74, 6) is 0.949. The lowest BCUT2D eigenvalue weighted by atomic mass is 9.93. The zero-order chi connectivity index (χ0) is 17.9. The van der Waals surface area contributed by atoms with Crippen LogP contribution in [-0.4, -0.2) is 33.4 Å². The second-order valence-corrected chi connectivity index (χ2v) is 6.31. The highest BCUT2D eigenvalue weighted by atomic mass is 16.4. The van der Waals surface area contributed by atoms with Gasteiger partial charge in [0.05, 0.1) is 30.8 Å². The maximum absolute atomic E-state index is 9.88. The average molecular weight is 346 g/mol. The van der Waals surface area contributed by atoms with Crippen molar-refractivity contribution in [1.29, 1.82) is 5.26 Å². The van der Waals surface area contributed by atoms with Crippen molar-refractivity contribution in [1.82, 2.24) is 15.1 Å². The Labute approximate surface area is 151 Å². The van der Waals surface area contributed by atoms with Crippen LogP contribution in [0.5, 0.6) is 0 Å². The van der Waals surface area contributed by atoms with E-state index < -0.39 is 0 Å². The van der Waals surface area contributed by atoms with Crippen molar-refractivity contribution < 1.29 is 9.52 Å². The topological polar surface area (TPSA) is 86.2 Å². The van der Waals surface area contributed by atoms with Gasteiger partial charge in [0, 0.05) is 12.1 Å². The quantitative estimate of drug-likeness (QED) is 0.782. The SMILES string of the molecule is N#Cc1ccc(-c2nnc(CN3CCc4ccccc4C3CO)o2)cc1. The van der Waals surface area contributed by atoms with Crippen LogP contribution in [0.4, 0.5) is 0 Å². The van der Waals surface area contributed by atoms with E-state index in [1.807, 2.05) is 12.1 Å². The second kappa shape index (κ2) is 7.08. The summed E-state index contributed by atoms with van der Waals surface area (Å²) in [6.45, 7) is 1.37. The summed E-state index contributed by atoms with van der Waals surface area (Å²) < 4.78 is 5.80. The van der Waals surface area contributed by atoms with E-state index in [-0.39, 0.29) is 12.6 Å². The van der Waals surface area contributed by atoms with E-state index in [9.17, 15) is 5.11 Å². The van der Waals surface area contributed by atoms with Crippen LogP contribution >= 0.6 is 0 Å². The maximum Gasteiger partial charge on any atom is 0.247 e. The van der Waals surface area contributed by atoms with Crippen LogP contribution in [0.15, 0.2) is 52.9 Å². The molecule has 0 fully saturated rings. The minimum atomic E-state index is -0.0646. The Morgan fingerprint density at radius 1 is 1.15 bits per heavy atom. The molecule has 2 aromatic carbocycles. The van der Waals surface area contributed by atoms with Gasteiger partial charge in [0.1, 0.15) is 0 Å². The Balaban J connectivity index is 1.53. The number of benzene rings is 2. The molecule has 130 valence electrons. The first kappa shape index (κ1) is 16.5. The van der Waals surface area contributed by atoms with E-state index in [1.54, 1.807) is 24.3 Å². The van der Waals surface area contributed by atoms with Crippen molar-refractivity contribution in [3.8, 4) is 17.5 Å². The number of aromatic nitrogens is 2. The first-order chi connectivity index (χ1) is 12.8. The Bertz CT molecular complexity index is 943. The molecule has 1 aromatic heterocycles. The predicted octanol–water partition coefficient (Wildman–Crippen LogP) is 2.70. The van der Waals surface area contributed by atoms with Gasteiger partial charge in [-0.05, 0) is 41.8 Å². The van der Waals surface area contributed by atoms with Gasteiger partial charge in [0.2, 0.25) is 11.8 Å². The number of aliphatic hydroxyl groups excluding tert-OH is 1. The highest BCUT2D eigenvalue weighted by Crippen LogP contribution is 2.30. The Morgan fingerprint density at radius 2 is 1.96 bits per heavy atom. The molecule has 1 N–H and O–H groups in total. The van der Waals surface area contributed by atoms with Crippen molar-refractivity contribution in [2.75, 3.05) is 13.2 Å². The molecular formula is C20H18N4O2. The number of hydrogen-bond acceptors (Lipinski definition) is 6. The number of nitrogens with zero attached hydrogens (tertiary/aromatic N) is 4. The number of nitriles is 1. The van der Waals surface area contributed by atoms with Gasteiger partial charge < -0.3 is 9.52 Å². The molecule has 0 saturated carbocycles. The first-order valence-electron chi connectivity index (χ1n) is 8.54. The van der Waals surface area contributed by atoms with E-state index in [4.69, 9.17) is 9.68 Å². The molecule has 0 saturated heterocycles. The number of aliphatic hydroxyl groups is 1. The van der Waals surface area contributed by atoms with Crippen LogP contribution in [0.3, 0.4) is 0 Å². The minimum Gasteiger partial charge on any atom is -0.419 e. The van der Waals surface area contributed by atoms with Crippen LogP contribution in [-0.2, 0) is 13.0 Å². The van der Waals surface area contributed by atoms with Gasteiger partial charge in [0.25, 0.3) is 0 Å². The summed E-state index contributed by atoms with van der Waals surface area (Å²) in [4.78, 5) is 2.17. The average Bonchev–Trinajstić information content (AvgIpc) is 3.16. The van der Waals surface area contributed by atoms with Gasteiger partial charge in [-0.15, -0.1) is 10.2 Å². The molecule has 0 bridgehead atoms. The highest BCUT2D eigenvalue weighted by molar-refractivity contribution is 5.54. The van der Waals surface area contributed by atoms with Crippen molar-refractivity contribution >= 4 is 0 Å². The van der Waals surface area contributed by atoms with Crippen LogP contribution in [0.25, 0.3) is 11.5 Å². The summed E-state index contributed by atoms with van der Waals surface area (Å²) >= 11 is 0. The lowest BCUT2D eigenvalue weighted by Gasteiger charge is -2.35. The van der Waals surface area contributed by atoms with Gasteiger partial charge in [-0.1, -0.05) is 24.3 Å². The molecule has 1 atom stereocenters. The van der Waals surface area contributed by atoms with E-state index >= 15 is 0 Å². The molecule has 3 aromatic rings. The number of hydrogen-bond donors (Lipinski definition) is 1. The van der Waals surface area contributed by atoms with Gasteiger partial charge in [-0.25, -0.2) is 0 Å². The van der Waals surface area contributed by atoms with Gasteiger partial charge in [-0.2, -0.15) is 5.26 Å². The third-order valence-electron chi connectivity index (χ3n) is 4.76. The Hall–Kier alpha value is -3.01. The molecule has 6 heteroatoms. The third-order valence-corrected chi connectivity index (χ3v) is 4.76. The van der Waals surface area contributed by atoms with Crippen molar-refractivity contribution in [2.45, 2.75) is 19.0 Å². The van der Waals surface area contributed by atoms with E-state index in [2.05, 4.69) is 33.3 Å². The summed E-state index contributed by atoms with van der Waals surface area (Å²) in [5, 5.41) is 27.0. The van der Waals surface area contributed by atoms with Crippen LogP contribution in [0, 0.1) is 11.3 Å². The first-order valence-corrected chi connectivity index (χ1v) is 8.54. The zero-order valence-corrected chi connectivity index (χ0v) is 14.2. The zero-order valence-electron chi connectivity index (χ0n) is 14.2. The van der Waals surface area contributed by atoms with Crippen LogP contribution < -0.4 is 0 Å². The monoisotopic (exact) mass is 346 g/mol. The molecule has 0 aliphatic carbocycles. The number of rotatable bonds is 4. The molecule has 4 rings (SSSR count). The predicted molar refractivity (Wildman–Crippen MR) is 94.8 cm³/mol. The Morgan fingerprint density at radius 3 is 2.73 bits per heavy atom. The third kappa shape index (κ3) is 3.10. The summed E-state index contributed by atoms with van der Waals surface area (Å²) in [6, 6.07) is 17.3. The Kier molecular flexibility index (Phi) is 4.48. The fourth-order valence-electron chi connectivity index (χ4n) is 3.40. The summed E-state index contributed by atoms with van der Waals surface area (Å²) in [6.07, 6.45) is 0.934. The normalized spacial score (nSPS) is 16.8. The standard InChI is InChI=1S/C20H18N4O2/c21-11-14-5-7-16(8-6-14)20-23-22-19(26-20)12-24-10-9-15-3-1-2-4-17(15)18(24)13-25/h1-8,18,25H,9-10,12-13H2. The van der Waals surface area contributed by atoms with Gasteiger partial charge in [0.15, 0.2) is 0 Å². The van der Waals surface area contributed by atoms with Crippen LogP contribution in [0.2, 0.25) is 0 Å². The fourth-order valence-corrected chi connectivity index (χ4v) is 3.40. The van der Waals surface area contributed by atoms with Gasteiger partial charge in [-0.3, -0.25) is 4.90 Å². The smallest absolute Gasteiger partial charge is 0.247 e. The van der Waals surface area contributed by atoms with Crippen LogP contribution in [0.1, 0.15) is 28.6 Å².